The van der Waals surface area contributed by atoms with Gasteiger partial charge in [-0.15, -0.1) is 20.2 Å². The minimum Gasteiger partial charge on any atom is -0.434 e. The van der Waals surface area contributed by atoms with Crippen molar-refractivity contribution in [3.63, 3.8) is 0 Å². The number of nitrogens with one attached hydrogen (secondary N) is 1. The molecular weight excluding hydrogens is 686 g/mol. The number of hydrogen-bond donors (Lipinski definition) is 2. The Morgan fingerprint density at radius 3 is 2.19 bits per heavy atom. The first-order chi connectivity index (χ1) is 25.1. The van der Waals surface area contributed by atoms with Crippen LogP contribution < -0.4 is 5.32 Å². The van der Waals surface area contributed by atoms with Crippen LogP contribution in [-0.2, 0) is 39.8 Å². The molecule has 17 nitrogen and oxygen atoms in total. The molecule has 52 heavy (non-hydrogen) atoms. The lowest BCUT2D eigenvalue weighted by atomic mass is 9.89. The van der Waals surface area contributed by atoms with Crippen LogP contribution in [0, 0.1) is 32.1 Å². The molecule has 5 atom stereocenters. The SMILES string of the molecule is CCNC(=O)CCC/C=C\C[C@@H]1[C@@H](/C=C/[C@H](CCc2ccccc2)OC(=O)OCCCCO[N+](=O)[O-])[C@@H](OC(=O)OCCCCO[N+](=O)[O-])C[C@@H]1O. The standard InChI is InChI=1S/C35H51N3O14/c1-2-36-33(40)17-9-4-3-8-16-29-30(32(26-31(29)39)52-35(42)48-23-11-13-25-50-38(45)46)21-20-28(19-18-27-14-6-5-7-15-27)51-34(41)47-22-10-12-24-49-37(43)44/h3,5-8,14-15,20-21,28-32,39H,2,4,9-13,16-19,22-26H2,1H3,(H,36,40)/b8-3-,21-20+/t28-,29+,30+,31-,32-/m0/s1. The van der Waals surface area contributed by atoms with Gasteiger partial charge in [0.25, 0.3) is 10.2 Å². The summed E-state index contributed by atoms with van der Waals surface area (Å²) in [7, 11) is 0. The van der Waals surface area contributed by atoms with E-state index in [0.717, 1.165) is 5.56 Å². The highest BCUT2D eigenvalue weighted by atomic mass is 17.0. The molecule has 0 saturated heterocycles. The van der Waals surface area contributed by atoms with Crippen molar-refractivity contribution >= 4 is 18.2 Å². The Hall–Kier alpha value is -4.93. The molecule has 1 saturated carbocycles. The highest BCUT2D eigenvalue weighted by molar-refractivity contribution is 5.75. The zero-order valence-electron chi connectivity index (χ0n) is 29.5. The van der Waals surface area contributed by atoms with Crippen LogP contribution in [0.15, 0.2) is 54.6 Å². The summed E-state index contributed by atoms with van der Waals surface area (Å²) in [6, 6.07) is 9.59. The smallest absolute Gasteiger partial charge is 0.434 e. The molecule has 2 rings (SSSR count). The fourth-order valence-electron chi connectivity index (χ4n) is 5.56. The van der Waals surface area contributed by atoms with Crippen molar-refractivity contribution in [2.75, 3.05) is 33.0 Å². The summed E-state index contributed by atoms with van der Waals surface area (Å²) < 4.78 is 21.6. The van der Waals surface area contributed by atoms with Gasteiger partial charge in [0.1, 0.15) is 12.2 Å². The number of benzene rings is 1. The van der Waals surface area contributed by atoms with Crippen molar-refractivity contribution in [1.82, 2.24) is 5.32 Å². The summed E-state index contributed by atoms with van der Waals surface area (Å²) in [6.07, 6.45) is 7.64. The van der Waals surface area contributed by atoms with Gasteiger partial charge < -0.3 is 39.0 Å². The van der Waals surface area contributed by atoms with Gasteiger partial charge in [0.2, 0.25) is 5.91 Å². The Labute approximate surface area is 302 Å². The summed E-state index contributed by atoms with van der Waals surface area (Å²) in [4.78, 5) is 66.1. The van der Waals surface area contributed by atoms with Gasteiger partial charge >= 0.3 is 12.3 Å². The number of hydrogen-bond acceptors (Lipinski definition) is 14. The van der Waals surface area contributed by atoms with Gasteiger partial charge in [-0.2, -0.15) is 0 Å². The molecule has 1 aliphatic rings. The molecule has 0 bridgehead atoms. The van der Waals surface area contributed by atoms with Gasteiger partial charge in [-0.25, -0.2) is 9.59 Å². The zero-order valence-corrected chi connectivity index (χ0v) is 29.5. The largest absolute Gasteiger partial charge is 0.508 e. The molecule has 0 radical (unpaired) electrons. The number of allylic oxidation sites excluding steroid dienone is 2. The molecule has 290 valence electrons. The maximum absolute atomic E-state index is 12.6. The molecule has 0 aliphatic heterocycles. The molecule has 2 N–H and O–H groups in total. The van der Waals surface area contributed by atoms with E-state index < -0.39 is 46.7 Å². The summed E-state index contributed by atoms with van der Waals surface area (Å²) in [6.45, 7) is 2.11. The third kappa shape index (κ3) is 19.5. The summed E-state index contributed by atoms with van der Waals surface area (Å²) in [5, 5.41) is 32.7. The Bertz CT molecular complexity index is 1280. The van der Waals surface area contributed by atoms with E-state index in [2.05, 4.69) is 15.0 Å². The molecule has 17 heteroatoms. The van der Waals surface area contributed by atoms with Gasteiger partial charge in [-0.05, 0) is 82.3 Å². The number of carbonyl (C=O) groups is 3. The predicted molar refractivity (Wildman–Crippen MR) is 185 cm³/mol. The number of aliphatic hydroxyl groups is 1. The second-order valence-corrected chi connectivity index (χ2v) is 12.0. The van der Waals surface area contributed by atoms with Crippen LogP contribution in [0.3, 0.4) is 0 Å². The van der Waals surface area contributed by atoms with E-state index in [0.29, 0.717) is 70.8 Å². The minimum absolute atomic E-state index is 0.0145. The molecule has 0 unspecified atom stereocenters. The lowest BCUT2D eigenvalue weighted by molar-refractivity contribution is -0.757. The quantitative estimate of drug-likeness (QED) is 0.0397. The number of ether oxygens (including phenoxy) is 4. The third-order valence-electron chi connectivity index (χ3n) is 8.13. The number of amides is 1. The maximum atomic E-state index is 12.6. The molecule has 1 aliphatic carbocycles. The fraction of sp³-hybridized carbons (Fsp3) is 0.629. The maximum Gasteiger partial charge on any atom is 0.508 e. The van der Waals surface area contributed by atoms with Crippen molar-refractivity contribution < 1.29 is 58.3 Å². The highest BCUT2D eigenvalue weighted by Crippen LogP contribution is 2.38. The second-order valence-electron chi connectivity index (χ2n) is 12.0. The first-order valence-electron chi connectivity index (χ1n) is 17.6. The molecule has 0 spiro atoms. The van der Waals surface area contributed by atoms with Crippen molar-refractivity contribution in [1.29, 1.82) is 0 Å². The van der Waals surface area contributed by atoms with Crippen LogP contribution in [-0.4, -0.2) is 84.8 Å². The lowest BCUT2D eigenvalue weighted by Gasteiger charge is -2.23. The Kier molecular flexibility index (Phi) is 21.6. The molecule has 1 amide bonds. The van der Waals surface area contributed by atoms with Crippen LogP contribution in [0.5, 0.6) is 0 Å². The number of rotatable bonds is 26. The zero-order chi connectivity index (χ0) is 38.0. The Morgan fingerprint density at radius 1 is 0.923 bits per heavy atom. The molecular formula is C35H51N3O14. The van der Waals surface area contributed by atoms with Crippen LogP contribution in [0.1, 0.15) is 76.7 Å². The van der Waals surface area contributed by atoms with Crippen molar-refractivity contribution in [2.45, 2.75) is 95.9 Å². The second kappa shape index (κ2) is 25.9. The van der Waals surface area contributed by atoms with E-state index >= 15 is 0 Å². The van der Waals surface area contributed by atoms with Gasteiger partial charge in [0.15, 0.2) is 0 Å². The van der Waals surface area contributed by atoms with Gasteiger partial charge in [0.05, 0.1) is 32.5 Å². The van der Waals surface area contributed by atoms with E-state index in [1.807, 2.05) is 49.4 Å². The number of aliphatic hydroxyl groups excluding tert-OH is 1. The summed E-state index contributed by atoms with van der Waals surface area (Å²) >= 11 is 0. The molecule has 0 heterocycles. The normalized spacial score (nSPS) is 18.8. The number of nitrogens with zero attached hydrogens (tertiary/aromatic N) is 2. The van der Waals surface area contributed by atoms with Crippen LogP contribution in [0.4, 0.5) is 9.59 Å². The lowest BCUT2D eigenvalue weighted by Crippen LogP contribution is -2.26. The Morgan fingerprint density at radius 2 is 1.56 bits per heavy atom. The average molecular weight is 738 g/mol. The predicted octanol–water partition coefficient (Wildman–Crippen LogP) is 5.45. The molecule has 1 aromatic carbocycles. The number of unbranched alkanes of at least 4 members (excludes halogenated alkanes) is 3. The van der Waals surface area contributed by atoms with Gasteiger partial charge in [-0.3, -0.25) is 4.79 Å². The van der Waals surface area contributed by atoms with Crippen LogP contribution in [0.25, 0.3) is 0 Å². The van der Waals surface area contributed by atoms with Crippen LogP contribution >= 0.6 is 0 Å². The molecule has 0 aromatic heterocycles. The number of carbonyl (C=O) groups excluding carboxylic acids is 3. The third-order valence-corrected chi connectivity index (χ3v) is 8.13. The van der Waals surface area contributed by atoms with Crippen molar-refractivity contribution in [3.8, 4) is 0 Å². The number of aryl methyl sites for hydroxylation is 1. The summed E-state index contributed by atoms with van der Waals surface area (Å²) in [5.41, 5.74) is 1.02. The molecule has 1 fully saturated rings. The van der Waals surface area contributed by atoms with Crippen molar-refractivity contribution in [3.05, 3.63) is 80.4 Å². The monoisotopic (exact) mass is 737 g/mol. The van der Waals surface area contributed by atoms with Crippen LogP contribution in [0.2, 0.25) is 0 Å². The fourth-order valence-corrected chi connectivity index (χ4v) is 5.56. The minimum atomic E-state index is -0.948. The van der Waals surface area contributed by atoms with Crippen molar-refractivity contribution in [2.24, 2.45) is 11.8 Å². The first-order valence-corrected chi connectivity index (χ1v) is 17.6. The molecule has 1 aromatic rings. The van der Waals surface area contributed by atoms with Gasteiger partial charge in [-0.1, -0.05) is 48.6 Å². The average Bonchev–Trinajstić information content (AvgIpc) is 3.39. The van der Waals surface area contributed by atoms with E-state index in [1.165, 1.54) is 0 Å². The van der Waals surface area contributed by atoms with E-state index in [1.54, 1.807) is 12.2 Å². The summed E-state index contributed by atoms with van der Waals surface area (Å²) in [5.74, 6) is -0.869. The highest BCUT2D eigenvalue weighted by Gasteiger charge is 2.43. The van der Waals surface area contributed by atoms with E-state index in [-0.39, 0.29) is 44.7 Å². The topological polar surface area (TPSA) is 225 Å². The first kappa shape index (κ1) is 43.2. The van der Waals surface area contributed by atoms with E-state index in [4.69, 9.17) is 18.9 Å². The van der Waals surface area contributed by atoms with Gasteiger partial charge in [0, 0.05) is 25.3 Å². The van der Waals surface area contributed by atoms with E-state index in [9.17, 15) is 39.7 Å². The Balaban J connectivity index is 2.12.